The first-order valence-corrected chi connectivity index (χ1v) is 8.84. The molecule has 1 aliphatic heterocycles. The lowest BCUT2D eigenvalue weighted by atomic mass is 10.1. The third kappa shape index (κ3) is 4.46. The number of nitrogens with one attached hydrogen (secondary N) is 1. The van der Waals surface area contributed by atoms with Crippen LogP contribution in [0.25, 0.3) is 0 Å². The summed E-state index contributed by atoms with van der Waals surface area (Å²) in [7, 11) is 0. The lowest BCUT2D eigenvalue weighted by molar-refractivity contribution is -0.128. The number of rotatable bonds is 4. The van der Waals surface area contributed by atoms with Crippen LogP contribution in [0.3, 0.4) is 0 Å². The van der Waals surface area contributed by atoms with Crippen LogP contribution in [0.2, 0.25) is 15.1 Å². The molecule has 130 valence electrons. The molecule has 1 aliphatic rings. The van der Waals surface area contributed by atoms with E-state index in [9.17, 15) is 9.59 Å². The summed E-state index contributed by atoms with van der Waals surface area (Å²) in [6.07, 6.45) is 0.195. The van der Waals surface area contributed by atoms with Crippen molar-refractivity contribution in [3.05, 3.63) is 63.1 Å². The minimum absolute atomic E-state index is 0.0377. The third-order valence-corrected chi connectivity index (χ3v) is 5.05. The van der Waals surface area contributed by atoms with Gasteiger partial charge in [-0.05, 0) is 35.9 Å². The number of benzene rings is 2. The maximum atomic E-state index is 12.4. The molecule has 0 radical (unpaired) electrons. The second-order valence-corrected chi connectivity index (χ2v) is 7.17. The quantitative estimate of drug-likeness (QED) is 0.817. The van der Waals surface area contributed by atoms with Crippen molar-refractivity contribution >= 4 is 52.3 Å². The van der Waals surface area contributed by atoms with Gasteiger partial charge in [0.2, 0.25) is 11.8 Å². The average Bonchev–Trinajstić information content (AvgIpc) is 2.94. The second-order valence-electron chi connectivity index (χ2n) is 5.92. The zero-order chi connectivity index (χ0) is 18.0. The first kappa shape index (κ1) is 18.1. The predicted octanol–water partition coefficient (Wildman–Crippen LogP) is 4.63. The molecule has 2 aromatic rings. The Morgan fingerprint density at radius 1 is 1.08 bits per heavy atom. The Bertz CT molecular complexity index is 808. The maximum absolute atomic E-state index is 12.4. The van der Waals surface area contributed by atoms with E-state index >= 15 is 0 Å². The summed E-state index contributed by atoms with van der Waals surface area (Å²) in [4.78, 5) is 26.3. The number of hydrogen-bond donors (Lipinski definition) is 1. The number of anilines is 1. The van der Waals surface area contributed by atoms with Crippen molar-refractivity contribution in [2.75, 3.05) is 11.9 Å². The van der Waals surface area contributed by atoms with E-state index < -0.39 is 5.92 Å². The Kier molecular flexibility index (Phi) is 5.52. The molecule has 3 rings (SSSR count). The summed E-state index contributed by atoms with van der Waals surface area (Å²) < 4.78 is 0. The predicted molar refractivity (Wildman–Crippen MR) is 100 cm³/mol. The Hall–Kier alpha value is -1.75. The minimum Gasteiger partial charge on any atom is -0.338 e. The number of carbonyl (C=O) groups excluding carboxylic acids is 2. The molecule has 1 saturated heterocycles. The Morgan fingerprint density at radius 2 is 1.80 bits per heavy atom. The molecule has 1 N–H and O–H groups in total. The van der Waals surface area contributed by atoms with Gasteiger partial charge in [-0.1, -0.05) is 46.9 Å². The number of halogens is 3. The monoisotopic (exact) mass is 396 g/mol. The molecule has 0 spiro atoms. The molecule has 2 amide bonds. The number of likely N-dealkylation sites (tertiary alicyclic amines) is 1. The van der Waals surface area contributed by atoms with Crippen molar-refractivity contribution in [1.82, 2.24) is 4.90 Å². The fourth-order valence-corrected chi connectivity index (χ4v) is 3.15. The highest BCUT2D eigenvalue weighted by Crippen LogP contribution is 2.27. The summed E-state index contributed by atoms with van der Waals surface area (Å²) >= 11 is 17.7. The van der Waals surface area contributed by atoms with E-state index in [0.29, 0.717) is 33.8 Å². The number of nitrogens with zero attached hydrogens (tertiary/aromatic N) is 1. The van der Waals surface area contributed by atoms with Crippen LogP contribution in [0.5, 0.6) is 0 Å². The third-order valence-electron chi connectivity index (χ3n) is 4.06. The number of carbonyl (C=O) groups is 2. The van der Waals surface area contributed by atoms with Gasteiger partial charge in [0.25, 0.3) is 0 Å². The van der Waals surface area contributed by atoms with Crippen LogP contribution in [0.15, 0.2) is 42.5 Å². The van der Waals surface area contributed by atoms with E-state index in [1.165, 1.54) is 0 Å². The van der Waals surface area contributed by atoms with Crippen molar-refractivity contribution in [2.45, 2.75) is 13.0 Å². The first-order valence-electron chi connectivity index (χ1n) is 7.70. The Labute approximate surface area is 160 Å². The minimum atomic E-state index is -0.394. The molecule has 0 aromatic heterocycles. The summed E-state index contributed by atoms with van der Waals surface area (Å²) in [6.45, 7) is 0.848. The highest BCUT2D eigenvalue weighted by Gasteiger charge is 2.34. The van der Waals surface area contributed by atoms with Crippen LogP contribution >= 0.6 is 34.8 Å². The van der Waals surface area contributed by atoms with Gasteiger partial charge in [-0.25, -0.2) is 0 Å². The molecular weight excluding hydrogens is 383 g/mol. The summed E-state index contributed by atoms with van der Waals surface area (Å²) in [5, 5.41) is 4.22. The standard InChI is InChI=1S/C18H15Cl3N2O2/c19-13-3-1-11(2-4-13)9-23-10-12(7-17(23)24)18(25)22-14-5-6-15(20)16(21)8-14/h1-6,8,12H,7,9-10H2,(H,22,25). The lowest BCUT2D eigenvalue weighted by Gasteiger charge is -2.17. The van der Waals surface area contributed by atoms with Crippen LogP contribution in [0.1, 0.15) is 12.0 Å². The van der Waals surface area contributed by atoms with E-state index in [2.05, 4.69) is 5.32 Å². The fourth-order valence-electron chi connectivity index (χ4n) is 2.73. The molecule has 25 heavy (non-hydrogen) atoms. The lowest BCUT2D eigenvalue weighted by Crippen LogP contribution is -2.28. The molecule has 2 aromatic carbocycles. The van der Waals surface area contributed by atoms with Gasteiger partial charge in [0, 0.05) is 30.2 Å². The van der Waals surface area contributed by atoms with Crippen molar-refractivity contribution in [3.63, 3.8) is 0 Å². The van der Waals surface area contributed by atoms with E-state index in [0.717, 1.165) is 5.56 Å². The zero-order valence-corrected chi connectivity index (χ0v) is 15.4. The summed E-state index contributed by atoms with van der Waals surface area (Å²) in [5.74, 6) is -0.635. The topological polar surface area (TPSA) is 49.4 Å². The van der Waals surface area contributed by atoms with E-state index in [4.69, 9.17) is 34.8 Å². The van der Waals surface area contributed by atoms with Crippen LogP contribution in [-0.4, -0.2) is 23.3 Å². The number of hydrogen-bond acceptors (Lipinski definition) is 2. The highest BCUT2D eigenvalue weighted by atomic mass is 35.5. The van der Waals surface area contributed by atoms with Gasteiger partial charge >= 0.3 is 0 Å². The van der Waals surface area contributed by atoms with Crippen LogP contribution in [0, 0.1) is 5.92 Å². The fraction of sp³-hybridized carbons (Fsp3) is 0.222. The largest absolute Gasteiger partial charge is 0.338 e. The van der Waals surface area contributed by atoms with E-state index in [1.807, 2.05) is 12.1 Å². The molecule has 4 nitrogen and oxygen atoms in total. The van der Waals surface area contributed by atoms with Crippen molar-refractivity contribution in [2.24, 2.45) is 5.92 Å². The first-order chi connectivity index (χ1) is 11.9. The van der Waals surface area contributed by atoms with Gasteiger partial charge in [0.05, 0.1) is 16.0 Å². The molecule has 0 bridgehead atoms. The van der Waals surface area contributed by atoms with E-state index in [-0.39, 0.29) is 18.2 Å². The Balaban J connectivity index is 1.62. The molecule has 7 heteroatoms. The van der Waals surface area contributed by atoms with Crippen LogP contribution in [-0.2, 0) is 16.1 Å². The number of amides is 2. The highest BCUT2D eigenvalue weighted by molar-refractivity contribution is 6.42. The summed E-state index contributed by atoms with van der Waals surface area (Å²) in [6, 6.07) is 12.2. The molecule has 1 heterocycles. The van der Waals surface area contributed by atoms with Gasteiger partial charge in [0.15, 0.2) is 0 Å². The molecular formula is C18H15Cl3N2O2. The second kappa shape index (κ2) is 7.65. The van der Waals surface area contributed by atoms with Gasteiger partial charge in [-0.2, -0.15) is 0 Å². The SMILES string of the molecule is O=C(Nc1ccc(Cl)c(Cl)c1)C1CC(=O)N(Cc2ccc(Cl)cc2)C1. The van der Waals surface area contributed by atoms with Gasteiger partial charge < -0.3 is 10.2 Å². The summed E-state index contributed by atoms with van der Waals surface area (Å²) in [5.41, 5.74) is 1.53. The molecule has 1 unspecified atom stereocenters. The average molecular weight is 398 g/mol. The van der Waals surface area contributed by atoms with Gasteiger partial charge in [-0.3, -0.25) is 9.59 Å². The normalized spacial score (nSPS) is 17.0. The maximum Gasteiger partial charge on any atom is 0.229 e. The smallest absolute Gasteiger partial charge is 0.229 e. The zero-order valence-electron chi connectivity index (χ0n) is 13.1. The van der Waals surface area contributed by atoms with Crippen molar-refractivity contribution in [1.29, 1.82) is 0 Å². The molecule has 0 saturated carbocycles. The van der Waals surface area contributed by atoms with Crippen molar-refractivity contribution in [3.8, 4) is 0 Å². The van der Waals surface area contributed by atoms with Crippen LogP contribution in [0.4, 0.5) is 5.69 Å². The van der Waals surface area contributed by atoms with Gasteiger partial charge in [0.1, 0.15) is 0 Å². The molecule has 0 aliphatic carbocycles. The molecule has 1 fully saturated rings. The van der Waals surface area contributed by atoms with Crippen LogP contribution < -0.4 is 5.32 Å². The molecule has 1 atom stereocenters. The van der Waals surface area contributed by atoms with Crippen molar-refractivity contribution < 1.29 is 9.59 Å². The van der Waals surface area contributed by atoms with E-state index in [1.54, 1.807) is 35.2 Å². The Morgan fingerprint density at radius 3 is 2.48 bits per heavy atom. The van der Waals surface area contributed by atoms with Gasteiger partial charge in [-0.15, -0.1) is 0 Å².